The molecule has 1 aromatic rings. The van der Waals surface area contributed by atoms with E-state index < -0.39 is 19.9 Å². The van der Waals surface area contributed by atoms with Gasteiger partial charge < -0.3 is 10.6 Å². The molecule has 0 bridgehead atoms. The third kappa shape index (κ3) is 7.37. The first-order chi connectivity index (χ1) is 13.0. The van der Waals surface area contributed by atoms with E-state index in [-0.39, 0.29) is 52.5 Å². The first kappa shape index (κ1) is 26.1. The Morgan fingerprint density at radius 3 is 2.38 bits per heavy atom. The van der Waals surface area contributed by atoms with Crippen molar-refractivity contribution in [3.05, 3.63) is 29.8 Å². The molecule has 0 aromatic heterocycles. The van der Waals surface area contributed by atoms with Crippen molar-refractivity contribution in [2.75, 3.05) is 25.1 Å². The van der Waals surface area contributed by atoms with Gasteiger partial charge in [-0.3, -0.25) is 0 Å². The van der Waals surface area contributed by atoms with Crippen LogP contribution in [0.5, 0.6) is 0 Å². The van der Waals surface area contributed by atoms with Gasteiger partial charge in [0.2, 0.25) is 10.0 Å². The van der Waals surface area contributed by atoms with Crippen molar-refractivity contribution in [2.24, 2.45) is 4.99 Å². The van der Waals surface area contributed by atoms with Crippen molar-refractivity contribution < 1.29 is 16.8 Å². The van der Waals surface area contributed by atoms with Gasteiger partial charge in [0.15, 0.2) is 15.8 Å². The third-order valence-corrected chi connectivity index (χ3v) is 8.48. The van der Waals surface area contributed by atoms with Gasteiger partial charge in [0.25, 0.3) is 0 Å². The molecule has 0 saturated carbocycles. The molecule has 11 heteroatoms. The van der Waals surface area contributed by atoms with Gasteiger partial charge in [-0.15, -0.1) is 24.0 Å². The number of guanidine groups is 1. The molecule has 1 atom stereocenters. The van der Waals surface area contributed by atoms with Gasteiger partial charge in [-0.05, 0) is 44.9 Å². The first-order valence-electron chi connectivity index (χ1n) is 9.37. The van der Waals surface area contributed by atoms with E-state index in [4.69, 9.17) is 0 Å². The zero-order chi connectivity index (χ0) is 20.9. The highest BCUT2D eigenvalue weighted by molar-refractivity contribution is 14.0. The second-order valence-electron chi connectivity index (χ2n) is 7.20. The van der Waals surface area contributed by atoms with Crippen LogP contribution in [-0.4, -0.2) is 64.3 Å². The second kappa shape index (κ2) is 10.9. The SMILES string of the molecule is CCNC(=NCc1ccc(S(=O)(=O)N(C)C(C)C)cc1)NC1CCS(=O)(=O)C1.I. The number of nitrogens with one attached hydrogen (secondary N) is 2. The minimum absolute atomic E-state index is 0. The van der Waals surface area contributed by atoms with Crippen LogP contribution in [0.15, 0.2) is 34.2 Å². The van der Waals surface area contributed by atoms with Crippen molar-refractivity contribution >= 4 is 49.8 Å². The Bertz CT molecular complexity index is 900. The molecule has 166 valence electrons. The summed E-state index contributed by atoms with van der Waals surface area (Å²) in [5, 5.41) is 6.27. The second-order valence-corrected chi connectivity index (χ2v) is 11.4. The lowest BCUT2D eigenvalue weighted by Gasteiger charge is -2.21. The Labute approximate surface area is 191 Å². The number of sulfone groups is 1. The maximum absolute atomic E-state index is 12.5. The lowest BCUT2D eigenvalue weighted by atomic mass is 10.2. The van der Waals surface area contributed by atoms with Crippen LogP contribution < -0.4 is 10.6 Å². The molecule has 1 fully saturated rings. The fourth-order valence-electron chi connectivity index (χ4n) is 2.80. The van der Waals surface area contributed by atoms with Crippen LogP contribution in [0.25, 0.3) is 0 Å². The van der Waals surface area contributed by atoms with Crippen LogP contribution in [0, 0.1) is 0 Å². The van der Waals surface area contributed by atoms with Crippen molar-refractivity contribution in [2.45, 2.75) is 50.7 Å². The van der Waals surface area contributed by atoms with E-state index in [1.165, 1.54) is 4.31 Å². The summed E-state index contributed by atoms with van der Waals surface area (Å²) in [5.41, 5.74) is 0.863. The number of nitrogens with zero attached hydrogens (tertiary/aromatic N) is 2. The van der Waals surface area contributed by atoms with Crippen molar-refractivity contribution in [3.8, 4) is 0 Å². The average Bonchev–Trinajstić information content (AvgIpc) is 2.98. The topological polar surface area (TPSA) is 108 Å². The number of halogens is 1. The van der Waals surface area contributed by atoms with E-state index in [9.17, 15) is 16.8 Å². The molecular weight excluding hydrogens is 527 g/mol. The molecule has 8 nitrogen and oxygen atoms in total. The molecule has 2 rings (SSSR count). The maximum atomic E-state index is 12.5. The van der Waals surface area contributed by atoms with Gasteiger partial charge in [-0.25, -0.2) is 21.8 Å². The molecule has 0 aliphatic carbocycles. The predicted octanol–water partition coefficient (Wildman–Crippen LogP) is 1.58. The maximum Gasteiger partial charge on any atom is 0.243 e. The minimum atomic E-state index is -3.51. The quantitative estimate of drug-likeness (QED) is 0.299. The van der Waals surface area contributed by atoms with Gasteiger partial charge >= 0.3 is 0 Å². The molecule has 1 aliphatic heterocycles. The molecule has 1 aliphatic rings. The summed E-state index contributed by atoms with van der Waals surface area (Å²) < 4.78 is 49.6. The summed E-state index contributed by atoms with van der Waals surface area (Å²) in [6.07, 6.45) is 0.572. The fraction of sp³-hybridized carbons (Fsp3) is 0.611. The highest BCUT2D eigenvalue weighted by Gasteiger charge is 2.28. The van der Waals surface area contributed by atoms with Crippen LogP contribution in [0.4, 0.5) is 0 Å². The third-order valence-electron chi connectivity index (χ3n) is 4.66. The van der Waals surface area contributed by atoms with Gasteiger partial charge in [-0.2, -0.15) is 4.31 Å². The number of hydrogen-bond donors (Lipinski definition) is 2. The monoisotopic (exact) mass is 558 g/mol. The number of benzene rings is 1. The van der Waals surface area contributed by atoms with Crippen molar-refractivity contribution in [1.29, 1.82) is 0 Å². The van der Waals surface area contributed by atoms with E-state index in [0.717, 1.165) is 5.56 Å². The Balaban J connectivity index is 0.00000420. The van der Waals surface area contributed by atoms with Crippen LogP contribution in [0.1, 0.15) is 32.8 Å². The van der Waals surface area contributed by atoms with Crippen molar-refractivity contribution in [3.63, 3.8) is 0 Å². The van der Waals surface area contributed by atoms with E-state index in [2.05, 4.69) is 15.6 Å². The number of rotatable bonds is 7. The molecule has 1 unspecified atom stereocenters. The number of hydrogen-bond acceptors (Lipinski definition) is 5. The summed E-state index contributed by atoms with van der Waals surface area (Å²) in [7, 11) is -4.90. The van der Waals surface area contributed by atoms with Gasteiger partial charge in [0.05, 0.1) is 22.9 Å². The summed E-state index contributed by atoms with van der Waals surface area (Å²) >= 11 is 0. The van der Waals surface area contributed by atoms with Crippen LogP contribution in [0.3, 0.4) is 0 Å². The summed E-state index contributed by atoms with van der Waals surface area (Å²) in [4.78, 5) is 4.74. The Hall–Kier alpha value is -0.920. The summed E-state index contributed by atoms with van der Waals surface area (Å²) in [6.45, 7) is 6.60. The Morgan fingerprint density at radius 1 is 1.28 bits per heavy atom. The Morgan fingerprint density at radius 2 is 1.90 bits per heavy atom. The van der Waals surface area contributed by atoms with Gasteiger partial charge in [0.1, 0.15) is 0 Å². The largest absolute Gasteiger partial charge is 0.357 e. The smallest absolute Gasteiger partial charge is 0.243 e. The van der Waals surface area contributed by atoms with Crippen LogP contribution in [-0.2, 0) is 26.4 Å². The standard InChI is InChI=1S/C18H30N4O4S2.HI/c1-5-19-18(21-16-10-11-27(23,24)13-16)20-12-15-6-8-17(9-7-15)28(25,26)22(4)14(2)3;/h6-9,14,16H,5,10-13H2,1-4H3,(H2,19,20,21);1H. The summed E-state index contributed by atoms with van der Waals surface area (Å²) in [6, 6.07) is 6.40. The van der Waals surface area contributed by atoms with Gasteiger partial charge in [0, 0.05) is 25.7 Å². The van der Waals surface area contributed by atoms with Crippen LogP contribution in [0.2, 0.25) is 0 Å². The zero-order valence-electron chi connectivity index (χ0n) is 17.3. The molecule has 0 amide bonds. The van der Waals surface area contributed by atoms with E-state index in [0.29, 0.717) is 25.5 Å². The lowest BCUT2D eigenvalue weighted by Crippen LogP contribution is -2.44. The first-order valence-corrected chi connectivity index (χ1v) is 12.6. The molecule has 0 spiro atoms. The molecule has 29 heavy (non-hydrogen) atoms. The van der Waals surface area contributed by atoms with Gasteiger partial charge in [-0.1, -0.05) is 12.1 Å². The van der Waals surface area contributed by atoms with E-state index in [1.54, 1.807) is 31.3 Å². The molecule has 1 saturated heterocycles. The van der Waals surface area contributed by atoms with E-state index in [1.807, 2.05) is 20.8 Å². The minimum Gasteiger partial charge on any atom is -0.357 e. The van der Waals surface area contributed by atoms with Crippen LogP contribution >= 0.6 is 24.0 Å². The average molecular weight is 559 g/mol. The van der Waals surface area contributed by atoms with Crippen molar-refractivity contribution in [1.82, 2.24) is 14.9 Å². The summed E-state index contributed by atoms with van der Waals surface area (Å²) in [5.74, 6) is 0.874. The number of aliphatic imine (C=N–C) groups is 1. The fourth-order valence-corrected chi connectivity index (χ4v) is 5.84. The molecule has 2 N–H and O–H groups in total. The normalized spacial score (nSPS) is 19.2. The number of sulfonamides is 1. The molecule has 1 heterocycles. The molecular formula is C18H31IN4O4S2. The highest BCUT2D eigenvalue weighted by atomic mass is 127. The zero-order valence-corrected chi connectivity index (χ0v) is 21.2. The van der Waals surface area contributed by atoms with E-state index >= 15 is 0 Å². The predicted molar refractivity (Wildman–Crippen MR) is 127 cm³/mol. The molecule has 1 aromatic carbocycles. The Kier molecular flexibility index (Phi) is 9.83. The molecule has 0 radical (unpaired) electrons. The highest BCUT2D eigenvalue weighted by Crippen LogP contribution is 2.17. The lowest BCUT2D eigenvalue weighted by molar-refractivity contribution is 0.410.